The second kappa shape index (κ2) is 4.73. The van der Waals surface area contributed by atoms with Crippen LogP contribution >= 0.6 is 0 Å². The Balaban J connectivity index is 1.75. The van der Waals surface area contributed by atoms with E-state index in [0.29, 0.717) is 0 Å². The fourth-order valence-electron chi connectivity index (χ4n) is 1.96. The molecule has 3 nitrogen and oxygen atoms in total. The maximum Gasteiger partial charge on any atom is 0.0802 e. The molecule has 82 valence electrons. The average molecular weight is 206 g/mol. The van der Waals surface area contributed by atoms with E-state index in [4.69, 9.17) is 4.74 Å². The maximum atomic E-state index is 5.54. The van der Waals surface area contributed by atoms with Crippen molar-refractivity contribution in [2.24, 2.45) is 0 Å². The van der Waals surface area contributed by atoms with E-state index in [1.54, 1.807) is 0 Å². The van der Waals surface area contributed by atoms with Gasteiger partial charge in [0.25, 0.3) is 0 Å². The van der Waals surface area contributed by atoms with Gasteiger partial charge in [0.15, 0.2) is 0 Å². The third-order valence-corrected chi connectivity index (χ3v) is 3.22. The normalized spacial score (nSPS) is 18.5. The van der Waals surface area contributed by atoms with Gasteiger partial charge in [-0.2, -0.15) is 0 Å². The van der Waals surface area contributed by atoms with Crippen molar-refractivity contribution in [2.75, 3.05) is 13.7 Å². The second-order valence-electron chi connectivity index (χ2n) is 4.20. The van der Waals surface area contributed by atoms with Crippen LogP contribution in [-0.2, 0) is 11.3 Å². The molecule has 1 aliphatic rings. The molecule has 0 saturated heterocycles. The van der Waals surface area contributed by atoms with Gasteiger partial charge in [0.1, 0.15) is 0 Å². The van der Waals surface area contributed by atoms with E-state index >= 15 is 0 Å². The summed E-state index contributed by atoms with van der Waals surface area (Å²) in [7, 11) is 1.81. The van der Waals surface area contributed by atoms with Gasteiger partial charge in [0.05, 0.1) is 5.60 Å². The lowest BCUT2D eigenvalue weighted by Gasteiger charge is -2.40. The van der Waals surface area contributed by atoms with E-state index in [9.17, 15) is 0 Å². The Kier molecular flexibility index (Phi) is 3.34. The van der Waals surface area contributed by atoms with Crippen LogP contribution in [0.4, 0.5) is 0 Å². The van der Waals surface area contributed by atoms with E-state index in [1.165, 1.54) is 24.8 Å². The first-order valence-corrected chi connectivity index (χ1v) is 5.49. The van der Waals surface area contributed by atoms with Gasteiger partial charge in [-0.05, 0) is 37.0 Å². The molecule has 0 bridgehead atoms. The molecule has 2 rings (SSSR count). The van der Waals surface area contributed by atoms with Crippen LogP contribution in [0.5, 0.6) is 0 Å². The van der Waals surface area contributed by atoms with E-state index in [1.807, 2.05) is 31.6 Å². The molecule has 15 heavy (non-hydrogen) atoms. The minimum atomic E-state index is 0.118. The SMILES string of the molecule is COC1(CNCc2ccncc2)CCC1. The predicted octanol–water partition coefficient (Wildman–Crippen LogP) is 1.74. The number of nitrogens with one attached hydrogen (secondary N) is 1. The molecule has 1 heterocycles. The highest BCUT2D eigenvalue weighted by atomic mass is 16.5. The highest BCUT2D eigenvalue weighted by Crippen LogP contribution is 2.34. The third-order valence-electron chi connectivity index (χ3n) is 3.22. The molecule has 0 atom stereocenters. The van der Waals surface area contributed by atoms with Crippen molar-refractivity contribution >= 4 is 0 Å². The number of hydrogen-bond acceptors (Lipinski definition) is 3. The van der Waals surface area contributed by atoms with Crippen LogP contribution in [0.25, 0.3) is 0 Å². The summed E-state index contributed by atoms with van der Waals surface area (Å²) in [6, 6.07) is 4.07. The quantitative estimate of drug-likeness (QED) is 0.796. The van der Waals surface area contributed by atoms with Crippen molar-refractivity contribution in [3.05, 3.63) is 30.1 Å². The number of aromatic nitrogens is 1. The highest BCUT2D eigenvalue weighted by Gasteiger charge is 2.36. The summed E-state index contributed by atoms with van der Waals surface area (Å²) in [5.74, 6) is 0. The Morgan fingerprint density at radius 3 is 2.67 bits per heavy atom. The van der Waals surface area contributed by atoms with Crippen molar-refractivity contribution in [3.8, 4) is 0 Å². The van der Waals surface area contributed by atoms with Gasteiger partial charge in [-0.25, -0.2) is 0 Å². The zero-order chi connectivity index (χ0) is 10.6. The molecule has 1 saturated carbocycles. The molecule has 0 amide bonds. The van der Waals surface area contributed by atoms with Crippen molar-refractivity contribution in [1.29, 1.82) is 0 Å². The molecule has 1 aromatic heterocycles. The Labute approximate surface area is 90.9 Å². The Morgan fingerprint density at radius 1 is 1.40 bits per heavy atom. The van der Waals surface area contributed by atoms with Crippen LogP contribution in [0.1, 0.15) is 24.8 Å². The zero-order valence-electron chi connectivity index (χ0n) is 9.20. The van der Waals surface area contributed by atoms with E-state index in [-0.39, 0.29) is 5.60 Å². The summed E-state index contributed by atoms with van der Waals surface area (Å²) < 4.78 is 5.54. The summed E-state index contributed by atoms with van der Waals surface area (Å²) in [6.07, 6.45) is 7.32. The molecule has 0 aliphatic heterocycles. The number of methoxy groups -OCH3 is 1. The summed E-state index contributed by atoms with van der Waals surface area (Å²) in [4.78, 5) is 3.99. The molecule has 3 heteroatoms. The van der Waals surface area contributed by atoms with Gasteiger partial charge < -0.3 is 10.1 Å². The number of hydrogen-bond donors (Lipinski definition) is 1. The molecule has 0 aromatic carbocycles. The summed E-state index contributed by atoms with van der Waals surface area (Å²) in [5.41, 5.74) is 1.39. The van der Waals surface area contributed by atoms with E-state index in [0.717, 1.165) is 13.1 Å². The molecule has 1 aromatic rings. The summed E-state index contributed by atoms with van der Waals surface area (Å²) in [6.45, 7) is 1.85. The fraction of sp³-hybridized carbons (Fsp3) is 0.583. The molecule has 0 spiro atoms. The largest absolute Gasteiger partial charge is 0.377 e. The van der Waals surface area contributed by atoms with Crippen molar-refractivity contribution in [1.82, 2.24) is 10.3 Å². The fourth-order valence-corrected chi connectivity index (χ4v) is 1.96. The summed E-state index contributed by atoms with van der Waals surface area (Å²) in [5, 5.41) is 3.44. The standard InChI is InChI=1S/C12H18N2O/c1-15-12(5-2-6-12)10-14-9-11-3-7-13-8-4-11/h3-4,7-8,14H,2,5-6,9-10H2,1H3. The molecule has 1 aliphatic carbocycles. The van der Waals surface area contributed by atoms with Gasteiger partial charge in [-0.15, -0.1) is 0 Å². The molecular weight excluding hydrogens is 188 g/mol. The first kappa shape index (κ1) is 10.6. The van der Waals surface area contributed by atoms with Gasteiger partial charge >= 0.3 is 0 Å². The molecular formula is C12H18N2O. The van der Waals surface area contributed by atoms with Gasteiger partial charge in [0, 0.05) is 32.6 Å². The Bertz CT molecular complexity index is 290. The molecule has 1 N–H and O–H groups in total. The lowest BCUT2D eigenvalue weighted by atomic mass is 9.80. The van der Waals surface area contributed by atoms with Crippen molar-refractivity contribution in [3.63, 3.8) is 0 Å². The molecule has 0 radical (unpaired) electrons. The van der Waals surface area contributed by atoms with Gasteiger partial charge in [-0.1, -0.05) is 0 Å². The Hall–Kier alpha value is -0.930. The summed E-state index contributed by atoms with van der Waals surface area (Å²) >= 11 is 0. The van der Waals surface area contributed by atoms with Crippen molar-refractivity contribution in [2.45, 2.75) is 31.4 Å². The third kappa shape index (κ3) is 2.55. The molecule has 1 fully saturated rings. The minimum Gasteiger partial charge on any atom is -0.377 e. The average Bonchev–Trinajstić information content (AvgIpc) is 2.24. The van der Waals surface area contributed by atoms with Crippen LogP contribution in [-0.4, -0.2) is 24.2 Å². The van der Waals surface area contributed by atoms with Crippen LogP contribution in [0, 0.1) is 0 Å². The lowest BCUT2D eigenvalue weighted by molar-refractivity contribution is -0.0695. The first-order valence-electron chi connectivity index (χ1n) is 5.49. The Morgan fingerprint density at radius 2 is 2.13 bits per heavy atom. The van der Waals surface area contributed by atoms with Crippen LogP contribution in [0.3, 0.4) is 0 Å². The van der Waals surface area contributed by atoms with Gasteiger partial charge in [0.2, 0.25) is 0 Å². The topological polar surface area (TPSA) is 34.1 Å². The smallest absolute Gasteiger partial charge is 0.0802 e. The number of nitrogens with zero attached hydrogens (tertiary/aromatic N) is 1. The zero-order valence-corrected chi connectivity index (χ0v) is 9.20. The van der Waals surface area contributed by atoms with Gasteiger partial charge in [-0.3, -0.25) is 4.98 Å². The number of ether oxygens (including phenoxy) is 1. The second-order valence-corrected chi connectivity index (χ2v) is 4.20. The molecule has 0 unspecified atom stereocenters. The maximum absolute atomic E-state index is 5.54. The lowest BCUT2D eigenvalue weighted by Crippen LogP contribution is -2.47. The predicted molar refractivity (Wildman–Crippen MR) is 59.5 cm³/mol. The first-order chi connectivity index (χ1) is 7.35. The van der Waals surface area contributed by atoms with Crippen LogP contribution in [0.2, 0.25) is 0 Å². The number of pyridine rings is 1. The van der Waals surface area contributed by atoms with E-state index < -0.39 is 0 Å². The minimum absolute atomic E-state index is 0.118. The monoisotopic (exact) mass is 206 g/mol. The van der Waals surface area contributed by atoms with Crippen molar-refractivity contribution < 1.29 is 4.74 Å². The van der Waals surface area contributed by atoms with Crippen LogP contribution < -0.4 is 5.32 Å². The number of rotatable bonds is 5. The highest BCUT2D eigenvalue weighted by molar-refractivity contribution is 5.09. The van der Waals surface area contributed by atoms with Crippen LogP contribution in [0.15, 0.2) is 24.5 Å². The van der Waals surface area contributed by atoms with E-state index in [2.05, 4.69) is 10.3 Å².